The second-order valence-electron chi connectivity index (χ2n) is 13.0. The third-order valence-electron chi connectivity index (χ3n) is 11.7. The first-order chi connectivity index (χ1) is 16.3. The Kier molecular flexibility index (Phi) is 5.65. The van der Waals surface area contributed by atoms with E-state index in [1.807, 2.05) is 24.3 Å². The maximum absolute atomic E-state index is 11.8. The van der Waals surface area contributed by atoms with Crippen molar-refractivity contribution in [2.75, 3.05) is 0 Å². The summed E-state index contributed by atoms with van der Waals surface area (Å²) >= 11 is 0. The molecule has 4 nitrogen and oxygen atoms in total. The zero-order valence-electron chi connectivity index (χ0n) is 21.2. The lowest BCUT2D eigenvalue weighted by atomic mass is 9.43. The van der Waals surface area contributed by atoms with Gasteiger partial charge in [0, 0.05) is 6.42 Å². The van der Waals surface area contributed by atoms with Crippen LogP contribution >= 0.6 is 0 Å². The van der Waals surface area contributed by atoms with Gasteiger partial charge in [0.25, 0.3) is 0 Å². The summed E-state index contributed by atoms with van der Waals surface area (Å²) < 4.78 is 6.00. The Balaban J connectivity index is 1.18. The highest BCUT2D eigenvalue weighted by Crippen LogP contribution is 2.68. The molecule has 1 aromatic heterocycles. The van der Waals surface area contributed by atoms with Crippen molar-refractivity contribution in [1.82, 2.24) is 4.98 Å². The van der Waals surface area contributed by atoms with Crippen LogP contribution in [-0.4, -0.2) is 27.4 Å². The van der Waals surface area contributed by atoms with Crippen LogP contribution in [0.3, 0.4) is 0 Å². The van der Waals surface area contributed by atoms with E-state index in [4.69, 9.17) is 9.40 Å². The molecule has 2 N–H and O–H groups in total. The van der Waals surface area contributed by atoms with E-state index in [1.165, 1.54) is 25.7 Å². The molecule has 4 aliphatic rings. The Hall–Kier alpha value is -1.39. The van der Waals surface area contributed by atoms with Gasteiger partial charge in [-0.1, -0.05) is 32.9 Å². The maximum Gasteiger partial charge on any atom is 0.195 e. The van der Waals surface area contributed by atoms with Gasteiger partial charge < -0.3 is 14.6 Å². The zero-order valence-corrected chi connectivity index (χ0v) is 21.2. The molecule has 1 aromatic carbocycles. The number of oxazole rings is 1. The number of aromatic nitrogens is 1. The van der Waals surface area contributed by atoms with Crippen molar-refractivity contribution in [1.29, 1.82) is 0 Å². The number of hydrogen-bond donors (Lipinski definition) is 2. The topological polar surface area (TPSA) is 66.5 Å². The van der Waals surface area contributed by atoms with Crippen molar-refractivity contribution in [3.05, 3.63) is 30.2 Å². The molecule has 4 saturated carbocycles. The molecule has 2 aromatic rings. The average Bonchev–Trinajstić information content (AvgIpc) is 3.40. The fourth-order valence-corrected chi connectivity index (χ4v) is 9.74. The average molecular weight is 466 g/mol. The quantitative estimate of drug-likeness (QED) is 0.549. The third kappa shape index (κ3) is 3.42. The smallest absolute Gasteiger partial charge is 0.195 e. The van der Waals surface area contributed by atoms with Crippen LogP contribution in [0.1, 0.15) is 84.4 Å². The monoisotopic (exact) mass is 465 g/mol. The van der Waals surface area contributed by atoms with Gasteiger partial charge in [0.15, 0.2) is 11.5 Å². The summed E-state index contributed by atoms with van der Waals surface area (Å²) in [6.45, 7) is 7.34. The van der Waals surface area contributed by atoms with Gasteiger partial charge in [-0.2, -0.15) is 0 Å². The lowest BCUT2D eigenvalue weighted by Gasteiger charge is -2.62. The Bertz CT molecular complexity index is 1000. The number of para-hydroxylation sites is 2. The molecule has 1 heterocycles. The minimum Gasteiger partial charge on any atom is -0.441 e. The van der Waals surface area contributed by atoms with E-state index in [0.29, 0.717) is 35.0 Å². The number of aliphatic hydroxyl groups is 2. The van der Waals surface area contributed by atoms with Crippen molar-refractivity contribution in [3.8, 4) is 0 Å². The van der Waals surface area contributed by atoms with Gasteiger partial charge in [-0.15, -0.1) is 0 Å². The van der Waals surface area contributed by atoms with Gasteiger partial charge in [0.05, 0.1) is 12.2 Å². The number of aliphatic hydroxyl groups excluding tert-OH is 2. The van der Waals surface area contributed by atoms with Crippen LogP contribution in [0.15, 0.2) is 28.7 Å². The molecule has 186 valence electrons. The zero-order chi connectivity index (χ0) is 23.7. The second-order valence-corrected chi connectivity index (χ2v) is 13.0. The van der Waals surface area contributed by atoms with E-state index in [1.54, 1.807) is 0 Å². The number of rotatable bonds is 4. The van der Waals surface area contributed by atoms with Gasteiger partial charge in [-0.25, -0.2) is 4.98 Å². The SMILES string of the molecule is CC(CCc1nc2ccccc2o1)C1CCC2C3CCC4CC(O)CCC4(C)C3CC(O)C12C. The Labute approximate surface area is 204 Å². The van der Waals surface area contributed by atoms with Gasteiger partial charge in [-0.05, 0) is 116 Å². The number of benzene rings is 1. The second kappa shape index (κ2) is 8.34. The van der Waals surface area contributed by atoms with Crippen LogP contribution in [0, 0.1) is 46.3 Å². The normalized spacial score (nSPS) is 44.9. The summed E-state index contributed by atoms with van der Waals surface area (Å²) in [4.78, 5) is 4.70. The fourth-order valence-electron chi connectivity index (χ4n) is 9.74. The summed E-state index contributed by atoms with van der Waals surface area (Å²) in [7, 11) is 0. The summed E-state index contributed by atoms with van der Waals surface area (Å²) in [5.74, 6) is 4.62. The lowest BCUT2D eigenvalue weighted by molar-refractivity contribution is -0.174. The standard InChI is InChI=1S/C30H43NO3/c1-18(8-13-28-31-25-6-4-5-7-26(25)34-28)22-11-12-23-21-10-9-19-16-20(32)14-15-29(19,2)24(21)17-27(33)30(22,23)3/h4-7,18-24,27,32-33H,8-17H2,1-3H3. The van der Waals surface area contributed by atoms with Gasteiger partial charge in [-0.3, -0.25) is 0 Å². The van der Waals surface area contributed by atoms with Crippen LogP contribution in [-0.2, 0) is 6.42 Å². The summed E-state index contributed by atoms with van der Waals surface area (Å²) in [5.41, 5.74) is 2.16. The number of aryl methyl sites for hydroxylation is 1. The summed E-state index contributed by atoms with van der Waals surface area (Å²) in [6, 6.07) is 8.03. The van der Waals surface area contributed by atoms with Crippen LogP contribution in [0.4, 0.5) is 0 Å². The van der Waals surface area contributed by atoms with Crippen LogP contribution in [0.25, 0.3) is 11.1 Å². The highest BCUT2D eigenvalue weighted by atomic mass is 16.3. The van der Waals surface area contributed by atoms with E-state index >= 15 is 0 Å². The number of fused-ring (bicyclic) bond motifs is 6. The predicted molar refractivity (Wildman–Crippen MR) is 134 cm³/mol. The van der Waals surface area contributed by atoms with Gasteiger partial charge >= 0.3 is 0 Å². The molecule has 0 saturated heterocycles. The van der Waals surface area contributed by atoms with Crippen LogP contribution in [0.2, 0.25) is 0 Å². The Morgan fingerprint density at radius 3 is 2.68 bits per heavy atom. The third-order valence-corrected chi connectivity index (χ3v) is 11.7. The highest BCUT2D eigenvalue weighted by Gasteiger charge is 2.63. The molecule has 0 spiro atoms. The fraction of sp³-hybridized carbons (Fsp3) is 0.767. The molecular formula is C30H43NO3. The minimum atomic E-state index is -0.208. The van der Waals surface area contributed by atoms with Crippen molar-refractivity contribution in [3.63, 3.8) is 0 Å². The van der Waals surface area contributed by atoms with Crippen LogP contribution in [0.5, 0.6) is 0 Å². The molecule has 4 fully saturated rings. The van der Waals surface area contributed by atoms with Gasteiger partial charge in [0.1, 0.15) is 5.52 Å². The first-order valence-electron chi connectivity index (χ1n) is 14.0. The number of hydrogen-bond acceptors (Lipinski definition) is 4. The largest absolute Gasteiger partial charge is 0.441 e. The van der Waals surface area contributed by atoms with Crippen LogP contribution < -0.4 is 0 Å². The lowest BCUT2D eigenvalue weighted by Crippen LogP contribution is -2.58. The summed E-state index contributed by atoms with van der Waals surface area (Å²) in [6.07, 6.45) is 10.8. The first kappa shape index (κ1) is 23.0. The van der Waals surface area contributed by atoms with Crippen molar-refractivity contribution < 1.29 is 14.6 Å². The Morgan fingerprint density at radius 2 is 1.85 bits per heavy atom. The molecule has 0 amide bonds. The molecule has 0 aliphatic heterocycles. The predicted octanol–water partition coefficient (Wildman–Crippen LogP) is 6.39. The maximum atomic E-state index is 11.8. The van der Waals surface area contributed by atoms with Crippen molar-refractivity contribution >= 4 is 11.1 Å². The van der Waals surface area contributed by atoms with E-state index in [0.717, 1.165) is 61.4 Å². The summed E-state index contributed by atoms with van der Waals surface area (Å²) in [5, 5.41) is 22.1. The van der Waals surface area contributed by atoms with E-state index in [2.05, 4.69) is 20.8 Å². The first-order valence-corrected chi connectivity index (χ1v) is 14.0. The number of nitrogens with zero attached hydrogens (tertiary/aromatic N) is 1. The molecule has 4 heteroatoms. The minimum absolute atomic E-state index is 0.0271. The molecule has 34 heavy (non-hydrogen) atoms. The molecule has 6 rings (SSSR count). The van der Waals surface area contributed by atoms with Gasteiger partial charge in [0.2, 0.25) is 0 Å². The molecular weight excluding hydrogens is 422 g/mol. The molecule has 0 bridgehead atoms. The molecule has 10 atom stereocenters. The van der Waals surface area contributed by atoms with E-state index in [9.17, 15) is 10.2 Å². The molecule has 10 unspecified atom stereocenters. The van der Waals surface area contributed by atoms with E-state index in [-0.39, 0.29) is 17.6 Å². The van der Waals surface area contributed by atoms with Crippen molar-refractivity contribution in [2.24, 2.45) is 46.3 Å². The van der Waals surface area contributed by atoms with Crippen molar-refractivity contribution in [2.45, 2.75) is 97.2 Å². The Morgan fingerprint density at radius 1 is 1.03 bits per heavy atom. The van der Waals surface area contributed by atoms with E-state index < -0.39 is 0 Å². The highest BCUT2D eigenvalue weighted by molar-refractivity contribution is 5.72. The molecule has 0 radical (unpaired) electrons. The molecule has 4 aliphatic carbocycles.